The van der Waals surface area contributed by atoms with Crippen molar-refractivity contribution in [1.82, 2.24) is 14.1 Å². The first-order valence-electron chi connectivity index (χ1n) is 9.03. The summed E-state index contributed by atoms with van der Waals surface area (Å²) in [6.45, 7) is 0.592. The Morgan fingerprint density at radius 3 is 2.77 bits per heavy atom. The number of rotatable bonds is 9. The second-order valence-electron chi connectivity index (χ2n) is 6.50. The Balaban J connectivity index is 1.54. The molecule has 1 amide bonds. The molecule has 1 aromatic carbocycles. The van der Waals surface area contributed by atoms with Gasteiger partial charge in [-0.3, -0.25) is 4.79 Å². The molecule has 7 nitrogen and oxygen atoms in total. The van der Waals surface area contributed by atoms with Crippen LogP contribution >= 0.6 is 34.5 Å². The fraction of sp³-hybridized carbons (Fsp3) is 0.263. The van der Waals surface area contributed by atoms with E-state index in [0.29, 0.717) is 28.8 Å². The summed E-state index contributed by atoms with van der Waals surface area (Å²) in [4.78, 5) is 12.3. The third-order valence-corrected chi connectivity index (χ3v) is 8.46. The van der Waals surface area contributed by atoms with E-state index in [1.54, 1.807) is 46.6 Å². The first-order valence-corrected chi connectivity index (χ1v) is 12.1. The summed E-state index contributed by atoms with van der Waals surface area (Å²) in [5.74, 6) is 0.298. The van der Waals surface area contributed by atoms with Crippen LogP contribution in [0.1, 0.15) is 18.4 Å². The van der Waals surface area contributed by atoms with Crippen LogP contribution in [0.15, 0.2) is 52.2 Å². The summed E-state index contributed by atoms with van der Waals surface area (Å²) < 4.78 is 28.0. The van der Waals surface area contributed by atoms with Gasteiger partial charge in [0.1, 0.15) is 10.0 Å². The fourth-order valence-electron chi connectivity index (χ4n) is 2.75. The molecule has 0 saturated heterocycles. The molecule has 160 valence electrons. The third-order valence-electron chi connectivity index (χ3n) is 4.37. The molecular formula is C19H20Cl2N4O3S2. The average molecular weight is 487 g/mol. The van der Waals surface area contributed by atoms with Crippen LogP contribution in [0.4, 0.5) is 5.82 Å². The molecule has 30 heavy (non-hydrogen) atoms. The van der Waals surface area contributed by atoms with Crippen molar-refractivity contribution >= 4 is 56.3 Å². The minimum absolute atomic E-state index is 0.174. The number of nitrogens with one attached hydrogen (secondary N) is 1. The number of carbonyl (C=O) groups excluding carboxylic acids is 1. The second-order valence-corrected chi connectivity index (χ2v) is 10.5. The van der Waals surface area contributed by atoms with E-state index >= 15 is 0 Å². The third kappa shape index (κ3) is 5.41. The quantitative estimate of drug-likeness (QED) is 0.487. The molecule has 11 heteroatoms. The first kappa shape index (κ1) is 22.8. The van der Waals surface area contributed by atoms with E-state index in [9.17, 15) is 13.2 Å². The van der Waals surface area contributed by atoms with Gasteiger partial charge in [0, 0.05) is 26.1 Å². The highest BCUT2D eigenvalue weighted by Gasteiger charge is 2.21. The summed E-state index contributed by atoms with van der Waals surface area (Å²) in [6.07, 6.45) is 2.14. The van der Waals surface area contributed by atoms with Crippen molar-refractivity contribution in [2.75, 3.05) is 18.9 Å². The number of halogens is 2. The van der Waals surface area contributed by atoms with Gasteiger partial charge in [0.2, 0.25) is 5.91 Å². The zero-order valence-corrected chi connectivity index (χ0v) is 19.2. The largest absolute Gasteiger partial charge is 0.311 e. The Kier molecular flexibility index (Phi) is 7.54. The molecule has 0 spiro atoms. The summed E-state index contributed by atoms with van der Waals surface area (Å²) in [6, 6.07) is 10.3. The zero-order chi connectivity index (χ0) is 21.7. The molecule has 0 aliphatic rings. The lowest BCUT2D eigenvalue weighted by Crippen LogP contribution is -2.28. The lowest BCUT2D eigenvalue weighted by Gasteiger charge is -2.16. The number of hydrogen-bond donors (Lipinski definition) is 1. The number of carbonyl (C=O) groups is 1. The average Bonchev–Trinajstić information content (AvgIpc) is 3.38. The van der Waals surface area contributed by atoms with Gasteiger partial charge < -0.3 is 5.32 Å². The topological polar surface area (TPSA) is 84.3 Å². The number of amides is 1. The van der Waals surface area contributed by atoms with Crippen molar-refractivity contribution < 1.29 is 13.2 Å². The molecule has 0 saturated carbocycles. The Labute approximate surface area is 189 Å². The number of nitrogens with zero attached hydrogens (tertiary/aromatic N) is 3. The zero-order valence-electron chi connectivity index (χ0n) is 16.1. The Bertz CT molecular complexity index is 1110. The van der Waals surface area contributed by atoms with Crippen LogP contribution in [0.25, 0.3) is 0 Å². The van der Waals surface area contributed by atoms with E-state index in [1.807, 2.05) is 6.07 Å². The Morgan fingerprint density at radius 2 is 2.03 bits per heavy atom. The molecule has 0 aliphatic heterocycles. The summed E-state index contributed by atoms with van der Waals surface area (Å²) in [5, 5.41) is 9.64. The molecule has 2 aromatic heterocycles. The van der Waals surface area contributed by atoms with Gasteiger partial charge in [-0.05, 0) is 29.5 Å². The fourth-order valence-corrected chi connectivity index (χ4v) is 5.54. The van der Waals surface area contributed by atoms with Crippen molar-refractivity contribution in [2.45, 2.75) is 23.6 Å². The molecule has 0 aliphatic carbocycles. The van der Waals surface area contributed by atoms with Crippen LogP contribution in [-0.4, -0.2) is 42.0 Å². The maximum Gasteiger partial charge on any atom is 0.252 e. The van der Waals surface area contributed by atoms with Crippen LogP contribution in [0.2, 0.25) is 10.0 Å². The van der Waals surface area contributed by atoms with Crippen LogP contribution < -0.4 is 5.32 Å². The van der Waals surface area contributed by atoms with E-state index < -0.39 is 10.0 Å². The molecule has 0 bridgehead atoms. The minimum Gasteiger partial charge on any atom is -0.311 e. The van der Waals surface area contributed by atoms with Gasteiger partial charge in [-0.25, -0.2) is 17.4 Å². The summed E-state index contributed by atoms with van der Waals surface area (Å²) in [7, 11) is -2.00. The predicted octanol–water partition coefficient (Wildman–Crippen LogP) is 4.34. The van der Waals surface area contributed by atoms with Gasteiger partial charge in [-0.1, -0.05) is 41.4 Å². The molecule has 0 radical (unpaired) electrons. The molecule has 0 atom stereocenters. The highest BCUT2D eigenvalue weighted by atomic mass is 35.5. The molecule has 3 rings (SSSR count). The van der Waals surface area contributed by atoms with Crippen LogP contribution in [0.5, 0.6) is 0 Å². The maximum atomic E-state index is 12.4. The molecule has 3 aromatic rings. The number of benzene rings is 1. The molecular weight excluding hydrogens is 467 g/mol. The Hall–Kier alpha value is -1.91. The van der Waals surface area contributed by atoms with Crippen molar-refractivity contribution in [1.29, 1.82) is 0 Å². The number of sulfonamides is 1. The Morgan fingerprint density at radius 1 is 1.23 bits per heavy atom. The maximum absolute atomic E-state index is 12.4. The van der Waals surface area contributed by atoms with Gasteiger partial charge in [-0.2, -0.15) is 5.10 Å². The molecule has 0 unspecified atom stereocenters. The van der Waals surface area contributed by atoms with Crippen molar-refractivity contribution in [3.63, 3.8) is 0 Å². The highest BCUT2D eigenvalue weighted by Crippen LogP contribution is 2.26. The standard InChI is InChI=1S/C19H20Cl2N4O3S2/c1-24(30(27,28)18-8-4-12-29-18)11-3-7-17(26)23-16-9-10-22-25(16)13-14-5-2-6-15(20)19(14)21/h2,4-6,8-10,12H,3,7,11,13H2,1H3,(H,23,26). The molecule has 0 fully saturated rings. The monoisotopic (exact) mass is 486 g/mol. The van der Waals surface area contributed by atoms with E-state index in [1.165, 1.54) is 22.7 Å². The van der Waals surface area contributed by atoms with Gasteiger partial charge in [-0.15, -0.1) is 11.3 Å². The number of aromatic nitrogens is 2. The van der Waals surface area contributed by atoms with Crippen molar-refractivity contribution in [3.8, 4) is 0 Å². The van der Waals surface area contributed by atoms with E-state index in [2.05, 4.69) is 10.4 Å². The molecule has 1 N–H and O–H groups in total. The van der Waals surface area contributed by atoms with Gasteiger partial charge in [0.05, 0.1) is 22.8 Å². The van der Waals surface area contributed by atoms with Gasteiger partial charge in [0.15, 0.2) is 0 Å². The summed E-state index contributed by atoms with van der Waals surface area (Å²) >= 11 is 13.4. The van der Waals surface area contributed by atoms with Crippen LogP contribution in [0.3, 0.4) is 0 Å². The van der Waals surface area contributed by atoms with E-state index in [-0.39, 0.29) is 23.1 Å². The lowest BCUT2D eigenvalue weighted by molar-refractivity contribution is -0.116. The number of thiophene rings is 1. The highest BCUT2D eigenvalue weighted by molar-refractivity contribution is 7.91. The smallest absolute Gasteiger partial charge is 0.252 e. The first-order chi connectivity index (χ1) is 14.3. The van der Waals surface area contributed by atoms with Crippen LogP contribution in [0, 0.1) is 0 Å². The number of hydrogen-bond acceptors (Lipinski definition) is 5. The normalized spacial score (nSPS) is 11.7. The van der Waals surface area contributed by atoms with Crippen molar-refractivity contribution in [2.24, 2.45) is 0 Å². The van der Waals surface area contributed by atoms with Gasteiger partial charge in [0.25, 0.3) is 10.0 Å². The lowest BCUT2D eigenvalue weighted by atomic mass is 10.2. The number of anilines is 1. The summed E-state index contributed by atoms with van der Waals surface area (Å²) in [5.41, 5.74) is 0.781. The van der Waals surface area contributed by atoms with Crippen molar-refractivity contribution in [3.05, 3.63) is 63.6 Å². The van der Waals surface area contributed by atoms with Crippen LogP contribution in [-0.2, 0) is 21.4 Å². The second kappa shape index (κ2) is 9.93. The SMILES string of the molecule is CN(CCCC(=O)Nc1ccnn1Cc1cccc(Cl)c1Cl)S(=O)(=O)c1cccs1. The predicted molar refractivity (Wildman–Crippen MR) is 120 cm³/mol. The molecule has 2 heterocycles. The van der Waals surface area contributed by atoms with E-state index in [4.69, 9.17) is 23.2 Å². The van der Waals surface area contributed by atoms with Gasteiger partial charge >= 0.3 is 0 Å². The van der Waals surface area contributed by atoms with E-state index in [0.717, 1.165) is 5.56 Å². The minimum atomic E-state index is -3.51.